The van der Waals surface area contributed by atoms with E-state index in [4.69, 9.17) is 0 Å². The molecule has 0 fully saturated rings. The zero-order valence-corrected chi connectivity index (χ0v) is 13.4. The van der Waals surface area contributed by atoms with Crippen LogP contribution in [-0.4, -0.2) is 40.6 Å². The van der Waals surface area contributed by atoms with Gasteiger partial charge in [-0.25, -0.2) is 9.97 Å². The van der Waals surface area contributed by atoms with Crippen molar-refractivity contribution in [3.05, 3.63) is 49.2 Å². The number of carbonyl (C=O) groups excluding carboxylic acids is 1. The van der Waals surface area contributed by atoms with Crippen LogP contribution in [0.25, 0.3) is 22.2 Å². The summed E-state index contributed by atoms with van der Waals surface area (Å²) in [6.07, 6.45) is 6.36. The van der Waals surface area contributed by atoms with Crippen LogP contribution in [0.1, 0.15) is 0 Å². The number of aromatic nitrogens is 7. The van der Waals surface area contributed by atoms with E-state index >= 15 is 0 Å². The molecule has 3 aromatic heterocycles. The molecule has 4 rings (SSSR count). The van der Waals surface area contributed by atoms with Crippen LogP contribution in [-0.2, 0) is 18.4 Å². The molecule has 0 unspecified atom stereocenters. The Bertz CT molecular complexity index is 1040. The summed E-state index contributed by atoms with van der Waals surface area (Å²) in [7, 11) is 1.69. The summed E-state index contributed by atoms with van der Waals surface area (Å²) in [5.74, 6) is 0.172. The summed E-state index contributed by atoms with van der Waals surface area (Å²) in [5.41, 5.74) is 2.39. The lowest BCUT2D eigenvalue weighted by atomic mass is 10.1. The first kappa shape index (κ1) is 14.9. The SMILES string of the molecule is Cn1ncc(NC(=O)Cn2nc(-c3cncnc3)c3ccccc32)n1. The van der Waals surface area contributed by atoms with Gasteiger partial charge < -0.3 is 5.32 Å². The third kappa shape index (κ3) is 2.94. The molecule has 0 bridgehead atoms. The standard InChI is InChI=1S/C16H14N8O/c1-23-19-8-14(21-23)20-15(25)9-24-13-5-3-2-4-12(13)16(22-24)11-6-17-10-18-7-11/h2-8,10H,9H2,1H3,(H,20,21,25). The van der Waals surface area contributed by atoms with E-state index < -0.39 is 0 Å². The highest BCUT2D eigenvalue weighted by Gasteiger charge is 2.15. The molecule has 0 aliphatic rings. The average Bonchev–Trinajstić information content (AvgIpc) is 3.20. The second-order valence-electron chi connectivity index (χ2n) is 5.42. The van der Waals surface area contributed by atoms with Gasteiger partial charge in [-0.2, -0.15) is 15.0 Å². The smallest absolute Gasteiger partial charge is 0.247 e. The Labute approximate surface area is 142 Å². The number of anilines is 1. The van der Waals surface area contributed by atoms with Gasteiger partial charge in [0.25, 0.3) is 0 Å². The Morgan fingerprint density at radius 1 is 1.12 bits per heavy atom. The van der Waals surface area contributed by atoms with Gasteiger partial charge in [0.2, 0.25) is 5.91 Å². The molecule has 0 radical (unpaired) electrons. The number of para-hydroxylation sites is 1. The van der Waals surface area contributed by atoms with Gasteiger partial charge in [0.15, 0.2) is 5.82 Å². The fourth-order valence-electron chi connectivity index (χ4n) is 2.60. The van der Waals surface area contributed by atoms with E-state index in [-0.39, 0.29) is 12.5 Å². The predicted octanol–water partition coefficient (Wildman–Crippen LogP) is 1.26. The molecule has 0 spiro atoms. The Kier molecular flexibility index (Phi) is 3.65. The van der Waals surface area contributed by atoms with Crippen molar-refractivity contribution in [1.29, 1.82) is 0 Å². The first-order valence-electron chi connectivity index (χ1n) is 7.58. The molecule has 0 atom stereocenters. The molecule has 0 aliphatic carbocycles. The number of amides is 1. The topological polar surface area (TPSA) is 103 Å². The number of hydrogen-bond acceptors (Lipinski definition) is 6. The molecule has 4 aromatic rings. The van der Waals surface area contributed by atoms with Crippen LogP contribution in [0.3, 0.4) is 0 Å². The largest absolute Gasteiger partial charge is 0.306 e. The minimum Gasteiger partial charge on any atom is -0.306 e. The average molecular weight is 334 g/mol. The van der Waals surface area contributed by atoms with Crippen molar-refractivity contribution in [2.45, 2.75) is 6.54 Å². The van der Waals surface area contributed by atoms with Crippen LogP contribution in [0.2, 0.25) is 0 Å². The lowest BCUT2D eigenvalue weighted by Gasteiger charge is -2.03. The van der Waals surface area contributed by atoms with Crippen molar-refractivity contribution in [3.8, 4) is 11.3 Å². The summed E-state index contributed by atoms with van der Waals surface area (Å²) < 4.78 is 1.66. The fraction of sp³-hybridized carbons (Fsp3) is 0.125. The summed E-state index contributed by atoms with van der Waals surface area (Å²) in [6.45, 7) is 0.0603. The summed E-state index contributed by atoms with van der Waals surface area (Å²) >= 11 is 0. The van der Waals surface area contributed by atoms with Gasteiger partial charge in [0.1, 0.15) is 18.6 Å². The minimum atomic E-state index is -0.232. The number of carbonyl (C=O) groups is 1. The Hall–Kier alpha value is -3.62. The third-order valence-corrected chi connectivity index (χ3v) is 3.65. The molecule has 3 heterocycles. The fourth-order valence-corrected chi connectivity index (χ4v) is 2.60. The first-order chi connectivity index (χ1) is 12.2. The lowest BCUT2D eigenvalue weighted by molar-refractivity contribution is -0.116. The lowest BCUT2D eigenvalue weighted by Crippen LogP contribution is -2.19. The van der Waals surface area contributed by atoms with Crippen molar-refractivity contribution in [2.24, 2.45) is 7.05 Å². The quantitative estimate of drug-likeness (QED) is 0.602. The van der Waals surface area contributed by atoms with Crippen molar-refractivity contribution in [3.63, 3.8) is 0 Å². The normalized spacial score (nSPS) is 10.9. The monoisotopic (exact) mass is 334 g/mol. The highest BCUT2D eigenvalue weighted by Crippen LogP contribution is 2.26. The number of fused-ring (bicyclic) bond motifs is 1. The molecule has 1 aromatic carbocycles. The van der Waals surface area contributed by atoms with E-state index in [0.717, 1.165) is 22.2 Å². The van der Waals surface area contributed by atoms with Gasteiger partial charge in [0, 0.05) is 30.4 Å². The van der Waals surface area contributed by atoms with Gasteiger partial charge >= 0.3 is 0 Å². The minimum absolute atomic E-state index is 0.0603. The number of aryl methyl sites for hydroxylation is 1. The van der Waals surface area contributed by atoms with E-state index in [0.29, 0.717) is 5.82 Å². The highest BCUT2D eigenvalue weighted by atomic mass is 16.2. The number of nitrogens with zero attached hydrogens (tertiary/aromatic N) is 7. The van der Waals surface area contributed by atoms with Gasteiger partial charge in [-0.1, -0.05) is 18.2 Å². The van der Waals surface area contributed by atoms with Crippen molar-refractivity contribution < 1.29 is 4.79 Å². The van der Waals surface area contributed by atoms with Crippen molar-refractivity contribution in [2.75, 3.05) is 5.32 Å². The maximum absolute atomic E-state index is 12.3. The Balaban J connectivity index is 1.67. The molecule has 9 heteroatoms. The van der Waals surface area contributed by atoms with Crippen LogP contribution < -0.4 is 5.32 Å². The second-order valence-corrected chi connectivity index (χ2v) is 5.42. The molecule has 25 heavy (non-hydrogen) atoms. The zero-order valence-electron chi connectivity index (χ0n) is 13.4. The molecule has 1 amide bonds. The van der Waals surface area contributed by atoms with Gasteiger partial charge in [0.05, 0.1) is 11.7 Å². The van der Waals surface area contributed by atoms with E-state index in [1.165, 1.54) is 17.3 Å². The van der Waals surface area contributed by atoms with Crippen LogP contribution >= 0.6 is 0 Å². The van der Waals surface area contributed by atoms with Gasteiger partial charge in [-0.15, -0.1) is 5.10 Å². The maximum atomic E-state index is 12.3. The van der Waals surface area contributed by atoms with Crippen molar-refractivity contribution >= 4 is 22.6 Å². The second kappa shape index (κ2) is 6.11. The molecule has 124 valence electrons. The summed E-state index contributed by atoms with van der Waals surface area (Å²) in [4.78, 5) is 21.8. The number of hydrogen-bond donors (Lipinski definition) is 1. The molecule has 9 nitrogen and oxygen atoms in total. The Morgan fingerprint density at radius 3 is 2.68 bits per heavy atom. The third-order valence-electron chi connectivity index (χ3n) is 3.65. The summed E-state index contributed by atoms with van der Waals surface area (Å²) in [5, 5.41) is 16.2. The van der Waals surface area contributed by atoms with Gasteiger partial charge in [-0.05, 0) is 6.07 Å². The van der Waals surface area contributed by atoms with Crippen molar-refractivity contribution in [1.82, 2.24) is 34.7 Å². The number of benzene rings is 1. The molecular weight excluding hydrogens is 320 g/mol. The predicted molar refractivity (Wildman–Crippen MR) is 90.4 cm³/mol. The van der Waals surface area contributed by atoms with E-state index in [1.807, 2.05) is 24.3 Å². The number of nitrogens with one attached hydrogen (secondary N) is 1. The highest BCUT2D eigenvalue weighted by molar-refractivity contribution is 5.95. The summed E-state index contributed by atoms with van der Waals surface area (Å²) in [6, 6.07) is 7.72. The zero-order chi connectivity index (χ0) is 17.2. The maximum Gasteiger partial charge on any atom is 0.247 e. The molecule has 0 saturated carbocycles. The first-order valence-corrected chi connectivity index (χ1v) is 7.58. The molecule has 0 saturated heterocycles. The van der Waals surface area contributed by atoms with Crippen LogP contribution in [0.5, 0.6) is 0 Å². The van der Waals surface area contributed by atoms with E-state index in [2.05, 4.69) is 30.6 Å². The van der Waals surface area contributed by atoms with Crippen LogP contribution in [0.15, 0.2) is 49.2 Å². The van der Waals surface area contributed by atoms with E-state index in [9.17, 15) is 4.79 Å². The molecule has 0 aliphatic heterocycles. The molecular formula is C16H14N8O. The van der Waals surface area contributed by atoms with Crippen LogP contribution in [0.4, 0.5) is 5.82 Å². The Morgan fingerprint density at radius 2 is 1.92 bits per heavy atom. The molecule has 1 N–H and O–H groups in total. The van der Waals surface area contributed by atoms with Gasteiger partial charge in [-0.3, -0.25) is 9.48 Å². The van der Waals surface area contributed by atoms with E-state index in [1.54, 1.807) is 24.1 Å². The van der Waals surface area contributed by atoms with Crippen LogP contribution in [0, 0.1) is 0 Å². The number of rotatable bonds is 4.